The van der Waals surface area contributed by atoms with Crippen molar-refractivity contribution < 1.29 is 5.11 Å². The number of halogens is 1. The van der Waals surface area contributed by atoms with E-state index in [0.29, 0.717) is 4.47 Å². The molecule has 0 saturated heterocycles. The van der Waals surface area contributed by atoms with Gasteiger partial charge in [0, 0.05) is 12.4 Å². The molecule has 1 aromatic heterocycles. The molecule has 0 saturated carbocycles. The van der Waals surface area contributed by atoms with Crippen LogP contribution in [-0.4, -0.2) is 29.8 Å². The number of nitrogens with zero attached hydrogens (tertiary/aromatic N) is 2. The van der Waals surface area contributed by atoms with Gasteiger partial charge in [0.05, 0.1) is 12.6 Å². The maximum absolute atomic E-state index is 8.87. The van der Waals surface area contributed by atoms with Gasteiger partial charge in [-0.3, -0.25) is 0 Å². The fraction of sp³-hybridized carbons (Fsp3) is 0.571. The molecular formula is C7H11ClN2OS. The van der Waals surface area contributed by atoms with Gasteiger partial charge >= 0.3 is 0 Å². The Balaban J connectivity index is 2.70. The van der Waals surface area contributed by atoms with Crippen molar-refractivity contribution in [1.29, 1.82) is 0 Å². The number of aromatic nitrogens is 1. The first-order valence-corrected chi connectivity index (χ1v) is 4.85. The van der Waals surface area contributed by atoms with Crippen LogP contribution in [0.1, 0.15) is 6.92 Å². The van der Waals surface area contributed by atoms with Crippen LogP contribution in [0.5, 0.6) is 0 Å². The summed E-state index contributed by atoms with van der Waals surface area (Å²) in [6.45, 7) is 2.04. The zero-order valence-corrected chi connectivity index (χ0v) is 8.56. The lowest BCUT2D eigenvalue weighted by Crippen LogP contribution is -2.31. The minimum Gasteiger partial charge on any atom is -0.394 e. The second-order valence-electron chi connectivity index (χ2n) is 2.60. The van der Waals surface area contributed by atoms with Crippen molar-refractivity contribution >= 4 is 28.8 Å². The molecule has 1 N–H and O–H groups in total. The Hall–Kier alpha value is -0.320. The van der Waals surface area contributed by atoms with Gasteiger partial charge in [-0.2, -0.15) is 0 Å². The summed E-state index contributed by atoms with van der Waals surface area (Å²) >= 11 is 7.06. The topological polar surface area (TPSA) is 36.4 Å². The summed E-state index contributed by atoms with van der Waals surface area (Å²) in [5.74, 6) is 0.812. The molecule has 0 aliphatic carbocycles. The summed E-state index contributed by atoms with van der Waals surface area (Å²) in [7, 11) is 1.88. The zero-order valence-electron chi connectivity index (χ0n) is 6.99. The summed E-state index contributed by atoms with van der Waals surface area (Å²) in [5, 5.41) is 10.7. The molecule has 1 rings (SSSR count). The van der Waals surface area contributed by atoms with E-state index in [0.717, 1.165) is 5.82 Å². The van der Waals surface area contributed by atoms with Crippen LogP contribution >= 0.6 is 22.9 Å². The SMILES string of the molecule is CC(CO)N(C)c1csc(Cl)n1. The Bertz CT molecular complexity index is 253. The zero-order chi connectivity index (χ0) is 9.14. The summed E-state index contributed by atoms with van der Waals surface area (Å²) in [6.07, 6.45) is 0. The van der Waals surface area contributed by atoms with Gasteiger partial charge in [-0.05, 0) is 6.92 Å². The lowest BCUT2D eigenvalue weighted by molar-refractivity contribution is 0.270. The fourth-order valence-electron chi connectivity index (χ4n) is 0.754. The molecule has 0 fully saturated rings. The molecule has 3 nitrogen and oxygen atoms in total. The van der Waals surface area contributed by atoms with E-state index < -0.39 is 0 Å². The van der Waals surface area contributed by atoms with Crippen molar-refractivity contribution in [3.05, 3.63) is 9.85 Å². The Morgan fingerprint density at radius 3 is 2.92 bits per heavy atom. The molecule has 0 aromatic carbocycles. The van der Waals surface area contributed by atoms with Crippen LogP contribution in [0.3, 0.4) is 0 Å². The highest BCUT2D eigenvalue weighted by Gasteiger charge is 2.11. The molecule has 1 aromatic rings. The highest BCUT2D eigenvalue weighted by atomic mass is 35.5. The Morgan fingerprint density at radius 1 is 1.83 bits per heavy atom. The van der Waals surface area contributed by atoms with Crippen molar-refractivity contribution in [2.75, 3.05) is 18.6 Å². The maximum atomic E-state index is 8.87. The number of aliphatic hydroxyl groups excluding tert-OH is 1. The van der Waals surface area contributed by atoms with Crippen LogP contribution in [0, 0.1) is 0 Å². The van der Waals surface area contributed by atoms with Crippen LogP contribution in [0.25, 0.3) is 0 Å². The largest absolute Gasteiger partial charge is 0.394 e. The molecule has 0 spiro atoms. The van der Waals surface area contributed by atoms with Gasteiger partial charge in [-0.15, -0.1) is 11.3 Å². The minimum absolute atomic E-state index is 0.0724. The summed E-state index contributed by atoms with van der Waals surface area (Å²) in [4.78, 5) is 5.97. The maximum Gasteiger partial charge on any atom is 0.185 e. The Morgan fingerprint density at radius 2 is 2.50 bits per heavy atom. The van der Waals surface area contributed by atoms with Gasteiger partial charge in [-0.1, -0.05) is 11.6 Å². The second-order valence-corrected chi connectivity index (χ2v) is 4.04. The lowest BCUT2D eigenvalue weighted by atomic mass is 10.3. The molecule has 1 unspecified atom stereocenters. The summed E-state index contributed by atoms with van der Waals surface area (Å²) in [5.41, 5.74) is 0. The van der Waals surface area contributed by atoms with Gasteiger partial charge in [0.1, 0.15) is 5.82 Å². The standard InChI is InChI=1S/C7H11ClN2OS/c1-5(3-11)10(2)6-4-12-7(8)9-6/h4-5,11H,3H2,1-2H3. The van der Waals surface area contributed by atoms with E-state index in [4.69, 9.17) is 16.7 Å². The molecule has 0 amide bonds. The fourth-order valence-corrected chi connectivity index (χ4v) is 1.54. The molecule has 0 bridgehead atoms. The number of thiazole rings is 1. The Kier molecular flexibility index (Phi) is 3.31. The van der Waals surface area contributed by atoms with E-state index >= 15 is 0 Å². The number of hydrogen-bond donors (Lipinski definition) is 1. The molecule has 0 radical (unpaired) electrons. The summed E-state index contributed by atoms with van der Waals surface area (Å²) in [6, 6.07) is 0.0724. The summed E-state index contributed by atoms with van der Waals surface area (Å²) < 4.78 is 0.530. The van der Waals surface area contributed by atoms with Crippen LogP contribution in [-0.2, 0) is 0 Å². The molecule has 5 heteroatoms. The highest BCUT2D eigenvalue weighted by molar-refractivity contribution is 7.14. The first kappa shape index (κ1) is 9.77. The molecule has 0 aliphatic heterocycles. The molecule has 0 aliphatic rings. The third-order valence-electron chi connectivity index (χ3n) is 1.75. The first-order valence-electron chi connectivity index (χ1n) is 3.60. The molecule has 1 atom stereocenters. The van der Waals surface area contributed by atoms with Crippen LogP contribution in [0.4, 0.5) is 5.82 Å². The molecule has 12 heavy (non-hydrogen) atoms. The van der Waals surface area contributed by atoms with Gasteiger partial charge in [-0.25, -0.2) is 4.98 Å². The van der Waals surface area contributed by atoms with Crippen molar-refractivity contribution in [2.45, 2.75) is 13.0 Å². The first-order chi connectivity index (χ1) is 5.65. The normalized spacial score (nSPS) is 13.0. The number of aliphatic hydroxyl groups is 1. The van der Waals surface area contributed by atoms with Crippen molar-refractivity contribution in [2.24, 2.45) is 0 Å². The third-order valence-corrected chi connectivity index (χ3v) is 2.72. The lowest BCUT2D eigenvalue weighted by Gasteiger charge is -2.22. The third kappa shape index (κ3) is 2.09. The van der Waals surface area contributed by atoms with Gasteiger partial charge in [0.2, 0.25) is 0 Å². The average molecular weight is 207 g/mol. The van der Waals surface area contributed by atoms with Crippen LogP contribution in [0.2, 0.25) is 4.47 Å². The predicted molar refractivity (Wildman–Crippen MR) is 52.1 cm³/mol. The van der Waals surface area contributed by atoms with E-state index in [-0.39, 0.29) is 12.6 Å². The van der Waals surface area contributed by atoms with Gasteiger partial charge < -0.3 is 10.0 Å². The number of likely N-dealkylation sites (N-methyl/N-ethyl adjacent to an activating group) is 1. The van der Waals surface area contributed by atoms with Gasteiger partial charge in [0.25, 0.3) is 0 Å². The highest BCUT2D eigenvalue weighted by Crippen LogP contribution is 2.22. The van der Waals surface area contributed by atoms with E-state index in [1.807, 2.05) is 24.3 Å². The van der Waals surface area contributed by atoms with Crippen molar-refractivity contribution in [1.82, 2.24) is 4.98 Å². The number of hydrogen-bond acceptors (Lipinski definition) is 4. The van der Waals surface area contributed by atoms with Crippen LogP contribution in [0.15, 0.2) is 5.38 Å². The smallest absolute Gasteiger partial charge is 0.185 e. The molecular weight excluding hydrogens is 196 g/mol. The number of anilines is 1. The van der Waals surface area contributed by atoms with Gasteiger partial charge in [0.15, 0.2) is 4.47 Å². The van der Waals surface area contributed by atoms with E-state index in [9.17, 15) is 0 Å². The quantitative estimate of drug-likeness (QED) is 0.817. The van der Waals surface area contributed by atoms with E-state index in [1.54, 1.807) is 0 Å². The average Bonchev–Trinajstić information content (AvgIpc) is 2.49. The minimum atomic E-state index is 0.0724. The number of rotatable bonds is 3. The predicted octanol–water partition coefficient (Wildman–Crippen LogP) is 1.61. The Labute approximate surface area is 80.6 Å². The monoisotopic (exact) mass is 206 g/mol. The van der Waals surface area contributed by atoms with Crippen molar-refractivity contribution in [3.8, 4) is 0 Å². The van der Waals surface area contributed by atoms with Crippen molar-refractivity contribution in [3.63, 3.8) is 0 Å². The molecule has 1 heterocycles. The van der Waals surface area contributed by atoms with E-state index in [2.05, 4.69) is 4.98 Å². The second kappa shape index (κ2) is 4.07. The van der Waals surface area contributed by atoms with E-state index in [1.165, 1.54) is 11.3 Å². The van der Waals surface area contributed by atoms with Crippen LogP contribution < -0.4 is 4.90 Å². The molecule has 68 valence electrons.